The molecular weight excluding hydrogens is 418 g/mol. The second kappa shape index (κ2) is 7.75. The number of sulfonamides is 1. The highest BCUT2D eigenvalue weighted by atomic mass is 32.2. The number of aryl methyl sites for hydroxylation is 2. The van der Waals surface area contributed by atoms with Crippen molar-refractivity contribution < 1.29 is 8.42 Å². The van der Waals surface area contributed by atoms with Gasteiger partial charge in [-0.25, -0.2) is 23.5 Å². The van der Waals surface area contributed by atoms with Gasteiger partial charge in [0.1, 0.15) is 10.6 Å². The van der Waals surface area contributed by atoms with Crippen LogP contribution in [0.3, 0.4) is 0 Å². The number of hydrogen-bond donors (Lipinski definition) is 1. The van der Waals surface area contributed by atoms with Gasteiger partial charge in [-0.15, -0.1) is 11.3 Å². The molecule has 30 heavy (non-hydrogen) atoms. The Labute approximate surface area is 179 Å². The standard InChI is InChI=1S/C21H21N5O2S2/c1-13-14(2)29-21-18(13)20(24-19(25-21)16-5-4-10-23-11-16)26(3)12-15-6-8-17(9-7-15)30(22,27)28/h4-11H,12H2,1-3H3,(H2,22,27,28). The van der Waals surface area contributed by atoms with Gasteiger partial charge in [0.2, 0.25) is 10.0 Å². The van der Waals surface area contributed by atoms with E-state index in [0.717, 1.165) is 27.2 Å². The lowest BCUT2D eigenvalue weighted by Gasteiger charge is -2.20. The van der Waals surface area contributed by atoms with Gasteiger partial charge in [-0.3, -0.25) is 4.98 Å². The Kier molecular flexibility index (Phi) is 5.27. The minimum atomic E-state index is -3.71. The Morgan fingerprint density at radius 2 is 1.83 bits per heavy atom. The molecule has 0 unspecified atom stereocenters. The smallest absolute Gasteiger partial charge is 0.238 e. The molecule has 0 aliphatic rings. The maximum absolute atomic E-state index is 11.5. The lowest BCUT2D eigenvalue weighted by Crippen LogP contribution is -2.19. The zero-order chi connectivity index (χ0) is 21.5. The third kappa shape index (κ3) is 3.91. The molecule has 0 aliphatic heterocycles. The molecule has 7 nitrogen and oxygen atoms in total. The fourth-order valence-corrected chi connectivity index (χ4v) is 4.80. The summed E-state index contributed by atoms with van der Waals surface area (Å²) in [5.74, 6) is 1.46. The van der Waals surface area contributed by atoms with Crippen LogP contribution in [0.5, 0.6) is 0 Å². The molecule has 1 aromatic carbocycles. The van der Waals surface area contributed by atoms with E-state index in [-0.39, 0.29) is 4.90 Å². The van der Waals surface area contributed by atoms with E-state index in [1.165, 1.54) is 22.6 Å². The van der Waals surface area contributed by atoms with Crippen LogP contribution in [-0.4, -0.2) is 30.4 Å². The Bertz CT molecular complexity index is 1320. The number of fused-ring (bicyclic) bond motifs is 1. The van der Waals surface area contributed by atoms with E-state index >= 15 is 0 Å². The number of benzene rings is 1. The van der Waals surface area contributed by atoms with Crippen LogP contribution in [0.15, 0.2) is 53.7 Å². The molecule has 154 valence electrons. The van der Waals surface area contributed by atoms with Gasteiger partial charge in [0.25, 0.3) is 0 Å². The molecule has 2 N–H and O–H groups in total. The zero-order valence-corrected chi connectivity index (χ0v) is 18.5. The topological polar surface area (TPSA) is 102 Å². The van der Waals surface area contributed by atoms with Gasteiger partial charge >= 0.3 is 0 Å². The van der Waals surface area contributed by atoms with Gasteiger partial charge in [0, 0.05) is 36.4 Å². The van der Waals surface area contributed by atoms with Gasteiger partial charge in [-0.1, -0.05) is 12.1 Å². The van der Waals surface area contributed by atoms with Crippen LogP contribution in [0.4, 0.5) is 5.82 Å². The van der Waals surface area contributed by atoms with E-state index in [1.54, 1.807) is 35.9 Å². The van der Waals surface area contributed by atoms with E-state index in [0.29, 0.717) is 12.4 Å². The van der Waals surface area contributed by atoms with Crippen LogP contribution >= 0.6 is 11.3 Å². The van der Waals surface area contributed by atoms with Crippen LogP contribution in [0.2, 0.25) is 0 Å². The minimum Gasteiger partial charge on any atom is -0.355 e. The quantitative estimate of drug-likeness (QED) is 0.509. The van der Waals surface area contributed by atoms with Crippen LogP contribution in [0, 0.1) is 13.8 Å². The lowest BCUT2D eigenvalue weighted by atomic mass is 10.1. The molecule has 0 fully saturated rings. The zero-order valence-electron chi connectivity index (χ0n) is 16.8. The number of hydrogen-bond acceptors (Lipinski definition) is 7. The van der Waals surface area contributed by atoms with Crippen molar-refractivity contribution in [3.63, 3.8) is 0 Å². The van der Waals surface area contributed by atoms with Gasteiger partial charge in [-0.2, -0.15) is 0 Å². The van der Waals surface area contributed by atoms with Crippen LogP contribution < -0.4 is 10.0 Å². The van der Waals surface area contributed by atoms with Crippen molar-refractivity contribution in [3.05, 3.63) is 64.8 Å². The first-order valence-corrected chi connectivity index (χ1v) is 11.6. The van der Waals surface area contributed by atoms with Crippen LogP contribution in [0.1, 0.15) is 16.0 Å². The molecule has 4 aromatic rings. The Balaban J connectivity index is 1.76. The first-order chi connectivity index (χ1) is 14.2. The van der Waals surface area contributed by atoms with Crippen molar-refractivity contribution in [1.29, 1.82) is 0 Å². The van der Waals surface area contributed by atoms with Crippen molar-refractivity contribution >= 4 is 37.4 Å². The van der Waals surface area contributed by atoms with Gasteiger partial charge in [0.05, 0.1) is 10.3 Å². The molecule has 4 rings (SSSR count). The molecule has 0 bridgehead atoms. The fourth-order valence-electron chi connectivity index (χ4n) is 3.26. The van der Waals surface area contributed by atoms with Crippen molar-refractivity contribution in [2.45, 2.75) is 25.3 Å². The molecular formula is C21H21N5O2S2. The highest BCUT2D eigenvalue weighted by Gasteiger charge is 2.18. The molecule has 3 aromatic heterocycles. The summed E-state index contributed by atoms with van der Waals surface area (Å²) in [6, 6.07) is 10.4. The number of nitrogens with zero attached hydrogens (tertiary/aromatic N) is 4. The number of rotatable bonds is 5. The number of primary sulfonamides is 1. The van der Waals surface area contributed by atoms with E-state index < -0.39 is 10.0 Å². The molecule has 0 aliphatic carbocycles. The van der Waals surface area contributed by atoms with Crippen molar-refractivity contribution in [3.8, 4) is 11.4 Å². The molecule has 0 saturated heterocycles. The Morgan fingerprint density at radius 3 is 2.47 bits per heavy atom. The third-order valence-electron chi connectivity index (χ3n) is 4.96. The maximum atomic E-state index is 11.5. The number of nitrogens with two attached hydrogens (primary N) is 1. The summed E-state index contributed by atoms with van der Waals surface area (Å²) in [5, 5.41) is 6.23. The van der Waals surface area contributed by atoms with Crippen molar-refractivity contribution in [2.24, 2.45) is 5.14 Å². The first-order valence-electron chi connectivity index (χ1n) is 9.25. The SMILES string of the molecule is Cc1sc2nc(-c3cccnc3)nc(N(C)Cc3ccc(S(N)(=O)=O)cc3)c2c1C. The maximum Gasteiger partial charge on any atom is 0.238 e. The van der Waals surface area contributed by atoms with Gasteiger partial charge in [0.15, 0.2) is 5.82 Å². The Morgan fingerprint density at radius 1 is 1.10 bits per heavy atom. The van der Waals surface area contributed by atoms with E-state index in [4.69, 9.17) is 15.1 Å². The number of anilines is 1. The van der Waals surface area contributed by atoms with E-state index in [9.17, 15) is 8.42 Å². The second-order valence-corrected chi connectivity index (χ2v) is 9.89. The molecule has 0 saturated carbocycles. The molecule has 9 heteroatoms. The highest BCUT2D eigenvalue weighted by molar-refractivity contribution is 7.89. The predicted octanol–water partition coefficient (Wildman–Crippen LogP) is 3.65. The minimum absolute atomic E-state index is 0.0986. The number of aromatic nitrogens is 3. The largest absolute Gasteiger partial charge is 0.355 e. The van der Waals surface area contributed by atoms with Gasteiger partial charge < -0.3 is 4.90 Å². The molecule has 0 amide bonds. The summed E-state index contributed by atoms with van der Waals surface area (Å²) >= 11 is 1.65. The summed E-state index contributed by atoms with van der Waals surface area (Å²) in [5.41, 5.74) is 2.97. The summed E-state index contributed by atoms with van der Waals surface area (Å²) < 4.78 is 23.0. The van der Waals surface area contributed by atoms with Crippen LogP contribution in [0.25, 0.3) is 21.6 Å². The van der Waals surface area contributed by atoms with E-state index in [2.05, 4.69) is 23.7 Å². The summed E-state index contributed by atoms with van der Waals surface area (Å²) in [6.07, 6.45) is 3.48. The van der Waals surface area contributed by atoms with Crippen LogP contribution in [-0.2, 0) is 16.6 Å². The lowest BCUT2D eigenvalue weighted by molar-refractivity contribution is 0.598. The van der Waals surface area contributed by atoms with Crippen molar-refractivity contribution in [2.75, 3.05) is 11.9 Å². The highest BCUT2D eigenvalue weighted by Crippen LogP contribution is 2.36. The fraction of sp³-hybridized carbons (Fsp3) is 0.190. The first kappa shape index (κ1) is 20.4. The number of thiophene rings is 1. The van der Waals surface area contributed by atoms with E-state index in [1.807, 2.05) is 19.2 Å². The summed E-state index contributed by atoms with van der Waals surface area (Å²) in [6.45, 7) is 4.72. The molecule has 0 radical (unpaired) electrons. The normalized spacial score (nSPS) is 11.7. The second-order valence-electron chi connectivity index (χ2n) is 7.12. The summed E-state index contributed by atoms with van der Waals surface area (Å²) in [7, 11) is -1.74. The van der Waals surface area contributed by atoms with Gasteiger partial charge in [-0.05, 0) is 49.2 Å². The predicted molar refractivity (Wildman–Crippen MR) is 120 cm³/mol. The average Bonchev–Trinajstić information content (AvgIpc) is 3.01. The Hall–Kier alpha value is -2.88. The number of pyridine rings is 1. The monoisotopic (exact) mass is 439 g/mol. The molecule has 3 heterocycles. The summed E-state index contributed by atoms with van der Waals surface area (Å²) in [4.78, 5) is 18.1. The third-order valence-corrected chi connectivity index (χ3v) is 6.99. The van der Waals surface area contributed by atoms with Crippen molar-refractivity contribution in [1.82, 2.24) is 15.0 Å². The molecule has 0 spiro atoms. The average molecular weight is 440 g/mol. The molecule has 0 atom stereocenters.